The SMILES string of the molecule is CC1C=CN=C2C(=O)[S+](S(C)=O)C=C21. The second-order valence-electron chi connectivity index (χ2n) is 3.17. The maximum Gasteiger partial charge on any atom is 0.400 e. The Morgan fingerprint density at radius 1 is 1.57 bits per heavy atom. The van der Waals surface area contributed by atoms with E-state index in [0.29, 0.717) is 5.71 Å². The van der Waals surface area contributed by atoms with Crippen molar-refractivity contribution >= 4 is 30.6 Å². The van der Waals surface area contributed by atoms with Gasteiger partial charge in [-0.15, -0.1) is 0 Å². The first-order valence-electron chi connectivity index (χ1n) is 4.19. The number of carbonyl (C=O) groups is 1. The summed E-state index contributed by atoms with van der Waals surface area (Å²) in [5.74, 6) is 0.215. The topological polar surface area (TPSA) is 46.5 Å². The molecule has 3 nitrogen and oxygen atoms in total. The van der Waals surface area contributed by atoms with Gasteiger partial charge in [-0.25, -0.2) is 14.0 Å². The lowest BCUT2D eigenvalue weighted by molar-refractivity contribution is -0.105. The highest BCUT2D eigenvalue weighted by atomic mass is 33.2. The van der Waals surface area contributed by atoms with Crippen molar-refractivity contribution in [1.82, 2.24) is 0 Å². The van der Waals surface area contributed by atoms with Crippen molar-refractivity contribution in [2.75, 3.05) is 6.26 Å². The second kappa shape index (κ2) is 3.47. The Morgan fingerprint density at radius 2 is 2.29 bits per heavy atom. The van der Waals surface area contributed by atoms with Crippen LogP contribution in [-0.2, 0) is 24.6 Å². The molecule has 0 aromatic heterocycles. The van der Waals surface area contributed by atoms with Gasteiger partial charge in [0, 0.05) is 17.7 Å². The Labute approximate surface area is 87.2 Å². The lowest BCUT2D eigenvalue weighted by Crippen LogP contribution is -2.21. The van der Waals surface area contributed by atoms with Gasteiger partial charge in [-0.05, 0) is 0 Å². The van der Waals surface area contributed by atoms with Gasteiger partial charge >= 0.3 is 5.12 Å². The lowest BCUT2D eigenvalue weighted by atomic mass is 9.97. The Bertz CT molecular complexity index is 409. The average Bonchev–Trinajstić information content (AvgIpc) is 2.46. The van der Waals surface area contributed by atoms with E-state index in [1.54, 1.807) is 12.5 Å². The van der Waals surface area contributed by atoms with Crippen molar-refractivity contribution in [2.24, 2.45) is 10.9 Å². The number of hydrogen-bond donors (Lipinski definition) is 0. The highest BCUT2D eigenvalue weighted by Gasteiger charge is 2.47. The third kappa shape index (κ3) is 1.40. The maximum atomic E-state index is 11.7. The smallest absolute Gasteiger partial charge is 0.248 e. The van der Waals surface area contributed by atoms with Gasteiger partial charge in [-0.2, -0.15) is 0 Å². The summed E-state index contributed by atoms with van der Waals surface area (Å²) in [4.78, 5) is 15.8. The van der Waals surface area contributed by atoms with E-state index in [4.69, 9.17) is 0 Å². The van der Waals surface area contributed by atoms with Gasteiger partial charge in [-0.1, -0.05) is 13.0 Å². The van der Waals surface area contributed by atoms with Gasteiger partial charge in [0.15, 0.2) is 21.0 Å². The van der Waals surface area contributed by atoms with E-state index < -0.39 is 19.8 Å². The minimum atomic E-state index is -1.11. The molecule has 0 fully saturated rings. The van der Waals surface area contributed by atoms with E-state index in [1.165, 1.54) is 0 Å². The largest absolute Gasteiger partial charge is 0.400 e. The standard InChI is InChI=1S/C9H10NO2S2/c1-6-3-4-10-8-7(6)5-14(9(8)11)13(2)12/h3-6H,1-2H3/q+1. The normalized spacial score (nSPS) is 32.3. The first kappa shape index (κ1) is 9.86. The van der Waals surface area contributed by atoms with E-state index in [1.807, 2.05) is 18.4 Å². The fraction of sp³-hybridized carbons (Fsp3) is 0.333. The molecule has 5 heteroatoms. The quantitative estimate of drug-likeness (QED) is 0.495. The summed E-state index contributed by atoms with van der Waals surface area (Å²) >= 11 is 0. The first-order chi connectivity index (χ1) is 6.61. The zero-order valence-corrected chi connectivity index (χ0v) is 9.52. The molecule has 2 aliphatic rings. The number of hydrogen-bond acceptors (Lipinski definition) is 3. The highest BCUT2D eigenvalue weighted by molar-refractivity contribution is 8.74. The monoisotopic (exact) mass is 228 g/mol. The van der Waals surface area contributed by atoms with Gasteiger partial charge in [0.25, 0.3) is 0 Å². The first-order valence-corrected chi connectivity index (χ1v) is 7.55. The Kier molecular flexibility index (Phi) is 2.45. The lowest BCUT2D eigenvalue weighted by Gasteiger charge is -2.07. The predicted octanol–water partition coefficient (Wildman–Crippen LogP) is 0.927. The zero-order chi connectivity index (χ0) is 10.3. The molecular weight excluding hydrogens is 218 g/mol. The second-order valence-corrected chi connectivity index (χ2v) is 7.66. The van der Waals surface area contributed by atoms with Gasteiger partial charge < -0.3 is 0 Å². The number of aliphatic imine (C=N–C) groups is 1. The van der Waals surface area contributed by atoms with Crippen LogP contribution in [0.3, 0.4) is 0 Å². The number of carbonyl (C=O) groups excluding carboxylic acids is 1. The number of allylic oxidation sites excluding steroid dienone is 2. The van der Waals surface area contributed by atoms with Gasteiger partial charge in [0.2, 0.25) is 9.83 Å². The third-order valence-corrected chi connectivity index (χ3v) is 6.00. The van der Waals surface area contributed by atoms with Crippen LogP contribution < -0.4 is 0 Å². The van der Waals surface area contributed by atoms with Crippen LogP contribution in [0.4, 0.5) is 0 Å². The molecule has 0 aromatic rings. The van der Waals surface area contributed by atoms with Crippen molar-refractivity contribution in [3.8, 4) is 0 Å². The molecule has 0 spiro atoms. The molecule has 0 aromatic carbocycles. The van der Waals surface area contributed by atoms with Crippen molar-refractivity contribution in [2.45, 2.75) is 6.92 Å². The Hall–Kier alpha value is -0.680. The fourth-order valence-electron chi connectivity index (χ4n) is 1.41. The molecule has 0 saturated heterocycles. The summed E-state index contributed by atoms with van der Waals surface area (Å²) in [7, 11) is -1.87. The predicted molar refractivity (Wildman–Crippen MR) is 60.3 cm³/mol. The number of fused-ring (bicyclic) bond motifs is 1. The summed E-state index contributed by atoms with van der Waals surface area (Å²) in [5.41, 5.74) is 1.45. The molecule has 0 N–H and O–H groups in total. The van der Waals surface area contributed by atoms with Gasteiger partial charge in [0.05, 0.1) is 6.26 Å². The highest BCUT2D eigenvalue weighted by Crippen LogP contribution is 2.29. The third-order valence-electron chi connectivity index (χ3n) is 2.21. The molecule has 0 aliphatic carbocycles. The van der Waals surface area contributed by atoms with E-state index in [9.17, 15) is 9.00 Å². The van der Waals surface area contributed by atoms with Crippen LogP contribution in [-0.4, -0.2) is 21.3 Å². The minimum absolute atomic E-state index is 0.0722. The molecule has 2 heterocycles. The van der Waals surface area contributed by atoms with Crippen LogP contribution >= 0.6 is 0 Å². The summed E-state index contributed by atoms with van der Waals surface area (Å²) in [5, 5.41) is 1.75. The maximum absolute atomic E-state index is 11.7. The number of nitrogens with zero attached hydrogens (tertiary/aromatic N) is 1. The van der Waals surface area contributed by atoms with Crippen LogP contribution in [0.2, 0.25) is 0 Å². The van der Waals surface area contributed by atoms with E-state index in [0.717, 1.165) is 5.57 Å². The Balaban J connectivity index is 2.44. The molecule has 0 bridgehead atoms. The molecule has 0 amide bonds. The molecule has 0 radical (unpaired) electrons. The summed E-state index contributed by atoms with van der Waals surface area (Å²) in [6.07, 6.45) is 5.16. The van der Waals surface area contributed by atoms with E-state index in [-0.39, 0.29) is 11.0 Å². The molecular formula is C9H10NO2S2+. The van der Waals surface area contributed by atoms with Crippen LogP contribution in [0.1, 0.15) is 6.92 Å². The summed E-state index contributed by atoms with van der Waals surface area (Å²) in [6, 6.07) is 0. The zero-order valence-electron chi connectivity index (χ0n) is 7.89. The van der Waals surface area contributed by atoms with Crippen molar-refractivity contribution in [3.63, 3.8) is 0 Å². The van der Waals surface area contributed by atoms with Crippen molar-refractivity contribution in [1.29, 1.82) is 0 Å². The van der Waals surface area contributed by atoms with Crippen molar-refractivity contribution < 1.29 is 9.00 Å². The van der Waals surface area contributed by atoms with Crippen LogP contribution in [0, 0.1) is 5.92 Å². The average molecular weight is 228 g/mol. The minimum Gasteiger partial charge on any atom is -0.248 e. The molecule has 2 rings (SSSR count). The van der Waals surface area contributed by atoms with Crippen LogP contribution in [0.5, 0.6) is 0 Å². The molecule has 3 unspecified atom stereocenters. The fourth-order valence-corrected chi connectivity index (χ4v) is 4.38. The Morgan fingerprint density at radius 3 is 2.86 bits per heavy atom. The van der Waals surface area contributed by atoms with Crippen LogP contribution in [0.25, 0.3) is 0 Å². The van der Waals surface area contributed by atoms with E-state index >= 15 is 0 Å². The van der Waals surface area contributed by atoms with Gasteiger partial charge in [-0.3, -0.25) is 0 Å². The van der Waals surface area contributed by atoms with E-state index in [2.05, 4.69) is 4.99 Å². The van der Waals surface area contributed by atoms with Crippen molar-refractivity contribution in [3.05, 3.63) is 23.3 Å². The van der Waals surface area contributed by atoms with Crippen LogP contribution in [0.15, 0.2) is 28.2 Å². The molecule has 3 atom stereocenters. The molecule has 2 aliphatic heterocycles. The summed E-state index contributed by atoms with van der Waals surface area (Å²) < 4.78 is 11.3. The molecule has 74 valence electrons. The molecule has 0 saturated carbocycles. The van der Waals surface area contributed by atoms with Gasteiger partial charge in [0.1, 0.15) is 0 Å². The number of rotatable bonds is 1. The molecule has 14 heavy (non-hydrogen) atoms. The summed E-state index contributed by atoms with van der Waals surface area (Å²) in [6.45, 7) is 2.01.